The number of allylic oxidation sites excluding steroid dienone is 2. The van der Waals surface area contributed by atoms with Crippen LogP contribution >= 0.6 is 0 Å². The van der Waals surface area contributed by atoms with Gasteiger partial charge >= 0.3 is 10.3 Å². The van der Waals surface area contributed by atoms with Crippen LogP contribution in [0.4, 0.5) is 5.69 Å². The Morgan fingerprint density at radius 3 is 2.79 bits per heavy atom. The summed E-state index contributed by atoms with van der Waals surface area (Å²) in [7, 11) is -4.37. The van der Waals surface area contributed by atoms with Crippen molar-refractivity contribution < 1.29 is 22.8 Å². The summed E-state index contributed by atoms with van der Waals surface area (Å²) in [5.41, 5.74) is 5.56. The van der Waals surface area contributed by atoms with Gasteiger partial charge in [-0.3, -0.25) is 9.27 Å². The minimum absolute atomic E-state index is 0.0107. The number of ether oxygens (including phenoxy) is 1. The van der Waals surface area contributed by atoms with Gasteiger partial charge in [-0.05, 0) is 80.2 Å². The highest BCUT2D eigenvalue weighted by Gasteiger charge is 2.74. The molecule has 1 aromatic rings. The van der Waals surface area contributed by atoms with Crippen molar-refractivity contribution in [1.82, 2.24) is 0 Å². The second-order valence-electron chi connectivity index (χ2n) is 9.01. The highest BCUT2D eigenvalue weighted by molar-refractivity contribution is 7.87. The summed E-state index contributed by atoms with van der Waals surface area (Å²) in [6.45, 7) is 4.52. The second kappa shape index (κ2) is 5.74. The maximum Gasteiger partial charge on any atom is 0.357 e. The first-order valence-electron chi connectivity index (χ1n) is 10.2. The standard InChI is InChI=1S/C21H27NO5S/c1-3-27-18-10-15-12(8-17(18)22-28(24,25)26)4-5-16-14(15)6-7-20(2)19(23)9-13-11-21(13,16)20/h8,10,13,19,22-23H,3-7,9,11H2,1-2H3,(H,24,25,26)/t13-,19-,20-,21+/m1/s1. The molecule has 4 aliphatic rings. The molecule has 0 heterocycles. The van der Waals surface area contributed by atoms with E-state index in [4.69, 9.17) is 4.74 Å². The fraction of sp³-hybridized carbons (Fsp3) is 0.619. The smallest absolute Gasteiger partial charge is 0.357 e. The molecule has 4 atom stereocenters. The number of hydrogen-bond acceptors (Lipinski definition) is 4. The molecule has 4 aliphatic carbocycles. The van der Waals surface area contributed by atoms with Crippen molar-refractivity contribution in [2.45, 2.75) is 58.5 Å². The number of nitrogens with one attached hydrogen (secondary N) is 1. The number of hydrogen-bond donors (Lipinski definition) is 3. The van der Waals surface area contributed by atoms with Crippen molar-refractivity contribution in [3.8, 4) is 5.75 Å². The lowest BCUT2D eigenvalue weighted by atomic mass is 9.59. The van der Waals surface area contributed by atoms with Crippen LogP contribution in [0.2, 0.25) is 0 Å². The van der Waals surface area contributed by atoms with Crippen molar-refractivity contribution in [3.05, 3.63) is 28.8 Å². The minimum atomic E-state index is -4.37. The van der Waals surface area contributed by atoms with Gasteiger partial charge in [-0.25, -0.2) is 0 Å². The molecule has 0 unspecified atom stereocenters. The molecular weight excluding hydrogens is 378 g/mol. The van der Waals surface area contributed by atoms with Crippen LogP contribution < -0.4 is 9.46 Å². The fourth-order valence-electron chi connectivity index (χ4n) is 6.59. The number of aryl methyl sites for hydroxylation is 1. The van der Waals surface area contributed by atoms with Crippen LogP contribution in [-0.4, -0.2) is 30.8 Å². The van der Waals surface area contributed by atoms with Crippen LogP contribution in [-0.2, 0) is 16.7 Å². The highest BCUT2D eigenvalue weighted by Crippen LogP contribution is 2.80. The average Bonchev–Trinajstić information content (AvgIpc) is 3.27. The summed E-state index contributed by atoms with van der Waals surface area (Å²) in [4.78, 5) is 0. The molecule has 1 spiro atoms. The molecular formula is C21H27NO5S. The van der Waals surface area contributed by atoms with E-state index >= 15 is 0 Å². The molecule has 5 rings (SSSR count). The zero-order chi connectivity index (χ0) is 19.9. The molecule has 0 aliphatic heterocycles. The largest absolute Gasteiger partial charge is 0.492 e. The van der Waals surface area contributed by atoms with E-state index in [2.05, 4.69) is 11.6 Å². The quantitative estimate of drug-likeness (QED) is 0.666. The van der Waals surface area contributed by atoms with Crippen LogP contribution in [0.15, 0.2) is 17.7 Å². The summed E-state index contributed by atoms with van der Waals surface area (Å²) >= 11 is 0. The molecule has 28 heavy (non-hydrogen) atoms. The van der Waals surface area contributed by atoms with Gasteiger partial charge in [0.05, 0.1) is 18.4 Å². The first kappa shape index (κ1) is 18.5. The molecule has 2 saturated carbocycles. The lowest BCUT2D eigenvalue weighted by Crippen LogP contribution is -2.41. The van der Waals surface area contributed by atoms with Gasteiger partial charge in [-0.15, -0.1) is 0 Å². The summed E-state index contributed by atoms with van der Waals surface area (Å²) in [6, 6.07) is 3.74. The van der Waals surface area contributed by atoms with Gasteiger partial charge in [0.25, 0.3) is 0 Å². The van der Waals surface area contributed by atoms with Gasteiger partial charge in [0.15, 0.2) is 0 Å². The third-order valence-electron chi connectivity index (χ3n) is 7.88. The summed E-state index contributed by atoms with van der Waals surface area (Å²) < 4.78 is 39.8. The molecule has 0 radical (unpaired) electrons. The van der Waals surface area contributed by atoms with E-state index in [0.717, 1.165) is 43.2 Å². The number of benzene rings is 1. The molecule has 0 saturated heterocycles. The molecule has 0 amide bonds. The molecule has 6 nitrogen and oxygen atoms in total. The molecule has 2 fully saturated rings. The Kier molecular flexibility index (Phi) is 3.78. The lowest BCUT2D eigenvalue weighted by molar-refractivity contribution is 0.0114. The molecule has 0 bridgehead atoms. The van der Waals surface area contributed by atoms with Crippen LogP contribution in [0.3, 0.4) is 0 Å². The Hall–Kier alpha value is -1.57. The monoisotopic (exact) mass is 405 g/mol. The van der Waals surface area contributed by atoms with Crippen molar-refractivity contribution in [2.75, 3.05) is 11.3 Å². The third-order valence-corrected chi connectivity index (χ3v) is 8.36. The first-order valence-corrected chi connectivity index (χ1v) is 11.6. The van der Waals surface area contributed by atoms with E-state index < -0.39 is 10.3 Å². The number of aliphatic hydroxyl groups is 1. The normalized spacial score (nSPS) is 35.6. The maximum absolute atomic E-state index is 11.3. The van der Waals surface area contributed by atoms with Crippen molar-refractivity contribution >= 4 is 21.6 Å². The van der Waals surface area contributed by atoms with Crippen LogP contribution in [0, 0.1) is 16.7 Å². The van der Waals surface area contributed by atoms with Gasteiger partial charge in [0.1, 0.15) is 5.75 Å². The molecule has 152 valence electrons. The fourth-order valence-corrected chi connectivity index (χ4v) is 7.02. The first-order chi connectivity index (χ1) is 13.2. The Balaban J connectivity index is 1.63. The Bertz CT molecular complexity index is 1000. The van der Waals surface area contributed by atoms with Crippen LogP contribution in [0.1, 0.15) is 57.1 Å². The van der Waals surface area contributed by atoms with Crippen LogP contribution in [0.25, 0.3) is 5.57 Å². The minimum Gasteiger partial charge on any atom is -0.492 e. The van der Waals surface area contributed by atoms with E-state index in [-0.39, 0.29) is 22.6 Å². The zero-order valence-corrected chi connectivity index (χ0v) is 17.1. The summed E-state index contributed by atoms with van der Waals surface area (Å²) in [5.74, 6) is 1.04. The summed E-state index contributed by atoms with van der Waals surface area (Å²) in [6.07, 6.45) is 5.61. The second-order valence-corrected chi connectivity index (χ2v) is 10.2. The zero-order valence-electron chi connectivity index (χ0n) is 16.3. The van der Waals surface area contributed by atoms with E-state index in [9.17, 15) is 18.1 Å². The number of aliphatic hydroxyl groups excluding tert-OH is 1. The van der Waals surface area contributed by atoms with Gasteiger partial charge in [0, 0.05) is 10.8 Å². The predicted molar refractivity (Wildman–Crippen MR) is 107 cm³/mol. The lowest BCUT2D eigenvalue weighted by Gasteiger charge is -2.46. The topological polar surface area (TPSA) is 95.9 Å². The van der Waals surface area contributed by atoms with E-state index in [0.29, 0.717) is 18.3 Å². The van der Waals surface area contributed by atoms with Gasteiger partial charge in [-0.1, -0.05) is 12.5 Å². The van der Waals surface area contributed by atoms with Crippen LogP contribution in [0.5, 0.6) is 5.75 Å². The molecule has 3 N–H and O–H groups in total. The van der Waals surface area contributed by atoms with Crippen molar-refractivity contribution in [3.63, 3.8) is 0 Å². The Labute approximate surface area is 165 Å². The Morgan fingerprint density at radius 1 is 1.29 bits per heavy atom. The van der Waals surface area contributed by atoms with E-state index in [1.165, 1.54) is 17.6 Å². The Morgan fingerprint density at radius 2 is 2.07 bits per heavy atom. The molecule has 7 heteroatoms. The number of rotatable bonds is 4. The third kappa shape index (κ3) is 2.36. The number of anilines is 1. The van der Waals surface area contributed by atoms with Gasteiger partial charge in [0.2, 0.25) is 0 Å². The SMILES string of the molecule is CCOc1cc2c(cc1NS(=O)(=O)O)CCC1=C2CC[C@]2(C)[C@H](O)C[C@@H]3C[C@@]132. The average molecular weight is 406 g/mol. The van der Waals surface area contributed by atoms with Crippen molar-refractivity contribution in [1.29, 1.82) is 0 Å². The van der Waals surface area contributed by atoms with Gasteiger partial charge in [-0.2, -0.15) is 8.42 Å². The summed E-state index contributed by atoms with van der Waals surface area (Å²) in [5, 5.41) is 10.7. The van der Waals surface area contributed by atoms with E-state index in [1.54, 1.807) is 6.07 Å². The molecule has 0 aromatic heterocycles. The van der Waals surface area contributed by atoms with Gasteiger partial charge < -0.3 is 9.84 Å². The predicted octanol–water partition coefficient (Wildman–Crippen LogP) is 3.57. The maximum atomic E-state index is 11.3. The van der Waals surface area contributed by atoms with E-state index in [1.807, 2.05) is 13.0 Å². The molecule has 1 aromatic carbocycles. The van der Waals surface area contributed by atoms with Crippen molar-refractivity contribution in [2.24, 2.45) is 16.7 Å². The number of fused-ring (bicyclic) bond motifs is 2. The highest BCUT2D eigenvalue weighted by atomic mass is 32.2.